The van der Waals surface area contributed by atoms with Gasteiger partial charge >= 0.3 is 0 Å². The van der Waals surface area contributed by atoms with Crippen molar-refractivity contribution < 1.29 is 4.79 Å². The lowest BCUT2D eigenvalue weighted by Gasteiger charge is -2.18. The van der Waals surface area contributed by atoms with Crippen LogP contribution in [0.25, 0.3) is 0 Å². The number of carbonyl (C=O) groups is 1. The molecule has 0 fully saturated rings. The van der Waals surface area contributed by atoms with Crippen LogP contribution in [0.3, 0.4) is 0 Å². The Labute approximate surface area is 113 Å². The topological polar surface area (TPSA) is 46.1 Å². The molecule has 0 saturated heterocycles. The Morgan fingerprint density at radius 2 is 2.05 bits per heavy atom. The fraction of sp³-hybridized carbons (Fsp3) is 0.267. The summed E-state index contributed by atoms with van der Waals surface area (Å²) < 4.78 is 0. The molecule has 0 aliphatic carbocycles. The highest BCUT2D eigenvalue weighted by atomic mass is 16.2. The van der Waals surface area contributed by atoms with Crippen molar-refractivity contribution in [1.29, 1.82) is 0 Å². The Balaban J connectivity index is 2.14. The van der Waals surface area contributed by atoms with Crippen molar-refractivity contribution >= 4 is 5.91 Å². The number of carbonyl (C=O) groups excluding carboxylic acids is 1. The quantitative estimate of drug-likeness (QED) is 0.845. The van der Waals surface area contributed by atoms with E-state index in [0.717, 1.165) is 16.8 Å². The van der Waals surface area contributed by atoms with Crippen molar-refractivity contribution in [2.24, 2.45) is 0 Å². The smallest absolute Gasteiger partial charge is 0.272 e. The van der Waals surface area contributed by atoms with E-state index in [9.17, 15) is 4.79 Å². The Hall–Kier alpha value is -2.23. The summed E-state index contributed by atoms with van der Waals surface area (Å²) in [4.78, 5) is 22.2. The Morgan fingerprint density at radius 1 is 1.26 bits per heavy atom. The molecule has 2 heterocycles. The van der Waals surface area contributed by atoms with E-state index >= 15 is 0 Å². The van der Waals surface area contributed by atoms with Crippen LogP contribution >= 0.6 is 0 Å². The maximum atomic E-state index is 12.3. The minimum atomic E-state index is -0.0695. The maximum Gasteiger partial charge on any atom is 0.272 e. The third-order valence-electron chi connectivity index (χ3n) is 3.00. The van der Waals surface area contributed by atoms with Crippen molar-refractivity contribution in [3.63, 3.8) is 0 Å². The van der Waals surface area contributed by atoms with Crippen molar-refractivity contribution in [1.82, 2.24) is 14.9 Å². The average Bonchev–Trinajstić information content (AvgIpc) is 2.40. The molecule has 0 spiro atoms. The van der Waals surface area contributed by atoms with Gasteiger partial charge in [0.05, 0.1) is 0 Å². The van der Waals surface area contributed by atoms with E-state index < -0.39 is 0 Å². The summed E-state index contributed by atoms with van der Waals surface area (Å²) >= 11 is 0. The molecule has 0 N–H and O–H groups in total. The largest absolute Gasteiger partial charge is 0.336 e. The summed E-state index contributed by atoms with van der Waals surface area (Å²) in [6, 6.07) is 7.40. The van der Waals surface area contributed by atoms with Crippen LogP contribution < -0.4 is 0 Å². The van der Waals surface area contributed by atoms with Gasteiger partial charge in [0.15, 0.2) is 0 Å². The molecule has 2 aromatic heterocycles. The zero-order chi connectivity index (χ0) is 13.8. The fourth-order valence-corrected chi connectivity index (χ4v) is 1.86. The standard InChI is InChI=1S/C15H17N3O/c1-11-9-16-8-7-13(11)10-18(3)15(19)14-6-4-5-12(2)17-14/h4-9H,10H2,1-3H3. The van der Waals surface area contributed by atoms with Crippen LogP contribution in [0.2, 0.25) is 0 Å². The zero-order valence-corrected chi connectivity index (χ0v) is 11.4. The van der Waals surface area contributed by atoms with E-state index in [1.807, 2.05) is 32.0 Å². The first-order chi connectivity index (χ1) is 9.08. The number of rotatable bonds is 3. The molecule has 19 heavy (non-hydrogen) atoms. The number of hydrogen-bond donors (Lipinski definition) is 0. The van der Waals surface area contributed by atoms with Gasteiger partial charge in [-0.3, -0.25) is 9.78 Å². The van der Waals surface area contributed by atoms with Gasteiger partial charge in [-0.05, 0) is 43.2 Å². The minimum Gasteiger partial charge on any atom is -0.336 e. The highest BCUT2D eigenvalue weighted by Crippen LogP contribution is 2.10. The molecular formula is C15H17N3O. The number of hydrogen-bond acceptors (Lipinski definition) is 3. The molecule has 0 aliphatic rings. The van der Waals surface area contributed by atoms with Gasteiger partial charge in [-0.1, -0.05) is 6.07 Å². The number of amides is 1. The second kappa shape index (κ2) is 5.61. The number of nitrogens with zero attached hydrogens (tertiary/aromatic N) is 3. The van der Waals surface area contributed by atoms with Gasteiger partial charge in [-0.15, -0.1) is 0 Å². The average molecular weight is 255 g/mol. The molecule has 0 aromatic carbocycles. The van der Waals surface area contributed by atoms with E-state index in [2.05, 4.69) is 9.97 Å². The maximum absolute atomic E-state index is 12.3. The first kappa shape index (κ1) is 13.2. The highest BCUT2D eigenvalue weighted by molar-refractivity contribution is 5.92. The van der Waals surface area contributed by atoms with E-state index in [-0.39, 0.29) is 5.91 Å². The molecular weight excluding hydrogens is 238 g/mol. The summed E-state index contributed by atoms with van der Waals surface area (Å²) in [5.41, 5.74) is 3.51. The molecule has 1 amide bonds. The molecule has 2 rings (SSSR count). The molecule has 2 aromatic rings. The second-order valence-corrected chi connectivity index (χ2v) is 4.63. The number of aromatic nitrogens is 2. The number of aryl methyl sites for hydroxylation is 2. The van der Waals surface area contributed by atoms with Gasteiger partial charge < -0.3 is 4.90 Å². The summed E-state index contributed by atoms with van der Waals surface area (Å²) in [5, 5.41) is 0. The zero-order valence-electron chi connectivity index (χ0n) is 11.4. The highest BCUT2D eigenvalue weighted by Gasteiger charge is 2.14. The molecule has 0 radical (unpaired) electrons. The van der Waals surface area contributed by atoms with Crippen LogP contribution in [0.5, 0.6) is 0 Å². The fourth-order valence-electron chi connectivity index (χ4n) is 1.86. The summed E-state index contributed by atoms with van der Waals surface area (Å²) in [6.45, 7) is 4.43. The van der Waals surface area contributed by atoms with E-state index in [0.29, 0.717) is 12.2 Å². The van der Waals surface area contributed by atoms with Crippen LogP contribution in [-0.2, 0) is 6.54 Å². The molecule has 98 valence electrons. The Morgan fingerprint density at radius 3 is 2.74 bits per heavy atom. The van der Waals surface area contributed by atoms with Crippen molar-refractivity contribution in [2.75, 3.05) is 7.05 Å². The molecule has 0 bridgehead atoms. The first-order valence-corrected chi connectivity index (χ1v) is 6.16. The van der Waals surface area contributed by atoms with Crippen LogP contribution in [-0.4, -0.2) is 27.8 Å². The molecule has 0 aliphatic heterocycles. The third-order valence-corrected chi connectivity index (χ3v) is 3.00. The lowest BCUT2D eigenvalue weighted by Crippen LogP contribution is -2.27. The van der Waals surface area contributed by atoms with Gasteiger partial charge in [0.1, 0.15) is 5.69 Å². The van der Waals surface area contributed by atoms with Gasteiger partial charge in [-0.25, -0.2) is 4.98 Å². The predicted octanol–water partition coefficient (Wildman–Crippen LogP) is 2.37. The third kappa shape index (κ3) is 3.16. The van der Waals surface area contributed by atoms with Gasteiger partial charge in [0.25, 0.3) is 5.91 Å². The normalized spacial score (nSPS) is 10.3. The van der Waals surface area contributed by atoms with Gasteiger partial charge in [0.2, 0.25) is 0 Å². The number of pyridine rings is 2. The predicted molar refractivity (Wildman–Crippen MR) is 73.7 cm³/mol. The molecule has 4 nitrogen and oxygen atoms in total. The monoisotopic (exact) mass is 255 g/mol. The van der Waals surface area contributed by atoms with Crippen LogP contribution in [0.15, 0.2) is 36.7 Å². The van der Waals surface area contributed by atoms with Crippen molar-refractivity contribution in [3.05, 3.63) is 59.2 Å². The van der Waals surface area contributed by atoms with E-state index in [4.69, 9.17) is 0 Å². The molecule has 4 heteroatoms. The van der Waals surface area contributed by atoms with Crippen LogP contribution in [0.4, 0.5) is 0 Å². The van der Waals surface area contributed by atoms with Gasteiger partial charge in [-0.2, -0.15) is 0 Å². The summed E-state index contributed by atoms with van der Waals surface area (Å²) in [6.07, 6.45) is 3.55. The van der Waals surface area contributed by atoms with Crippen molar-refractivity contribution in [2.45, 2.75) is 20.4 Å². The van der Waals surface area contributed by atoms with Crippen LogP contribution in [0, 0.1) is 13.8 Å². The Bertz CT molecular complexity index is 595. The molecule has 0 unspecified atom stereocenters. The first-order valence-electron chi connectivity index (χ1n) is 6.16. The van der Waals surface area contributed by atoms with Crippen LogP contribution in [0.1, 0.15) is 27.3 Å². The lowest BCUT2D eigenvalue weighted by atomic mass is 10.1. The molecule has 0 atom stereocenters. The second-order valence-electron chi connectivity index (χ2n) is 4.63. The van der Waals surface area contributed by atoms with E-state index in [1.54, 1.807) is 30.4 Å². The summed E-state index contributed by atoms with van der Waals surface area (Å²) in [7, 11) is 1.78. The van der Waals surface area contributed by atoms with Crippen molar-refractivity contribution in [3.8, 4) is 0 Å². The summed E-state index contributed by atoms with van der Waals surface area (Å²) in [5.74, 6) is -0.0695. The SMILES string of the molecule is Cc1cccc(C(=O)N(C)Cc2ccncc2C)n1. The van der Waals surface area contributed by atoms with E-state index in [1.165, 1.54) is 0 Å². The molecule has 0 saturated carbocycles. The minimum absolute atomic E-state index is 0.0695. The van der Waals surface area contributed by atoms with Gasteiger partial charge in [0, 0.05) is 31.7 Å². The lowest BCUT2D eigenvalue weighted by molar-refractivity contribution is 0.0779. The Kier molecular flexibility index (Phi) is 3.90.